The topological polar surface area (TPSA) is 98.6 Å². The maximum atomic E-state index is 12.6. The summed E-state index contributed by atoms with van der Waals surface area (Å²) >= 11 is 1.46. The first-order chi connectivity index (χ1) is 14.4. The number of ether oxygens (including phenoxy) is 1. The highest BCUT2D eigenvalue weighted by molar-refractivity contribution is 7.12. The third-order valence-electron chi connectivity index (χ3n) is 5.59. The molecule has 2 aliphatic rings. The molecule has 1 aliphatic heterocycles. The quantitative estimate of drug-likeness (QED) is 0.303. The summed E-state index contributed by atoms with van der Waals surface area (Å²) in [6.45, 7) is 2.76. The summed E-state index contributed by atoms with van der Waals surface area (Å²) in [7, 11) is 0. The molecular weight excluding hydrogens is 406 g/mol. The number of thiazole rings is 1. The normalized spacial score (nSPS) is 20.5. The van der Waals surface area contributed by atoms with Gasteiger partial charge in [-0.05, 0) is 32.8 Å². The van der Waals surface area contributed by atoms with Crippen LogP contribution in [0.2, 0.25) is 0 Å². The number of Topliss-reactive ketones (excluding diaryl/α,β-unsaturated/α-hetero) is 1. The minimum atomic E-state index is -0.773. The molecule has 0 radical (unpaired) electrons. The van der Waals surface area contributed by atoms with Crippen molar-refractivity contribution in [1.29, 1.82) is 0 Å². The summed E-state index contributed by atoms with van der Waals surface area (Å²) in [6, 6.07) is 1.73. The molecule has 1 saturated heterocycles. The Kier molecular flexibility index (Phi) is 5.38. The van der Waals surface area contributed by atoms with Crippen LogP contribution in [0.25, 0.3) is 5.13 Å². The number of amides is 2. The molecule has 3 heterocycles. The van der Waals surface area contributed by atoms with Crippen LogP contribution in [0.5, 0.6) is 0 Å². The molecule has 0 unspecified atom stereocenters. The van der Waals surface area contributed by atoms with E-state index in [1.165, 1.54) is 11.3 Å². The number of ketones is 1. The van der Waals surface area contributed by atoms with Gasteiger partial charge < -0.3 is 4.74 Å². The minimum absolute atomic E-state index is 0.343. The lowest BCUT2D eigenvalue weighted by molar-refractivity contribution is -0.152. The summed E-state index contributed by atoms with van der Waals surface area (Å²) in [5.41, 5.74) is 2.01. The first-order valence-corrected chi connectivity index (χ1v) is 10.5. The van der Waals surface area contributed by atoms with Crippen LogP contribution in [-0.2, 0) is 19.1 Å². The number of hydrogen-bond acceptors (Lipinski definition) is 7. The molecule has 4 rings (SSSR count). The molecule has 2 aromatic heterocycles. The number of fused-ring (bicyclic) bond motifs is 1. The van der Waals surface area contributed by atoms with E-state index in [1.54, 1.807) is 19.2 Å². The Labute approximate surface area is 177 Å². The molecule has 0 bridgehead atoms. The fourth-order valence-corrected chi connectivity index (χ4v) is 4.84. The lowest BCUT2D eigenvalue weighted by Gasteiger charge is -2.14. The highest BCUT2D eigenvalue weighted by Crippen LogP contribution is 2.34. The van der Waals surface area contributed by atoms with Gasteiger partial charge in [-0.1, -0.05) is 12.2 Å². The van der Waals surface area contributed by atoms with E-state index in [1.807, 2.05) is 29.0 Å². The number of nitrogens with zero attached hydrogens (tertiary/aromatic N) is 3. The van der Waals surface area contributed by atoms with Crippen LogP contribution < -0.4 is 0 Å². The van der Waals surface area contributed by atoms with Crippen LogP contribution in [0.4, 0.5) is 0 Å². The number of esters is 1. The van der Waals surface area contributed by atoms with Crippen molar-refractivity contribution in [3.8, 4) is 5.13 Å². The highest BCUT2D eigenvalue weighted by atomic mass is 32.1. The van der Waals surface area contributed by atoms with Gasteiger partial charge in [0, 0.05) is 28.5 Å². The van der Waals surface area contributed by atoms with Crippen LogP contribution in [-0.4, -0.2) is 51.2 Å². The van der Waals surface area contributed by atoms with Crippen molar-refractivity contribution in [2.45, 2.75) is 26.7 Å². The second-order valence-electron chi connectivity index (χ2n) is 7.44. The summed E-state index contributed by atoms with van der Waals surface area (Å²) in [5, 5.41) is 2.60. The van der Waals surface area contributed by atoms with E-state index in [0.717, 1.165) is 15.7 Å². The molecule has 8 nitrogen and oxygen atoms in total. The van der Waals surface area contributed by atoms with Gasteiger partial charge in [0.25, 0.3) is 0 Å². The van der Waals surface area contributed by atoms with Crippen molar-refractivity contribution < 1.29 is 23.9 Å². The summed E-state index contributed by atoms with van der Waals surface area (Å²) in [5.74, 6) is -2.60. The van der Waals surface area contributed by atoms with Crippen molar-refractivity contribution in [1.82, 2.24) is 14.5 Å². The van der Waals surface area contributed by atoms with Crippen molar-refractivity contribution in [3.05, 3.63) is 46.7 Å². The van der Waals surface area contributed by atoms with E-state index in [-0.39, 0.29) is 17.6 Å². The molecule has 0 spiro atoms. The standard InChI is InChI=1S/C21H21N3O5S/c1-12-9-16(13(2)24(12)21-22-7-8-30-21)17(25)11-29-18(26)10-23-19(27)14-5-3-4-6-15(14)20(23)28/h3-4,7-9,14-15H,5-6,10-11H2,1-2H3/t14-,15-/m0/s1. The van der Waals surface area contributed by atoms with Crippen molar-refractivity contribution >= 4 is 34.9 Å². The molecule has 9 heteroatoms. The smallest absolute Gasteiger partial charge is 0.326 e. The second kappa shape index (κ2) is 7.98. The summed E-state index contributed by atoms with van der Waals surface area (Å²) in [4.78, 5) is 54.9. The van der Waals surface area contributed by atoms with Gasteiger partial charge in [0.15, 0.2) is 11.7 Å². The molecule has 1 fully saturated rings. The Bertz CT molecular complexity index is 1030. The zero-order chi connectivity index (χ0) is 21.4. The second-order valence-corrected chi connectivity index (χ2v) is 8.31. The third kappa shape index (κ3) is 3.49. The predicted octanol–water partition coefficient (Wildman–Crippen LogP) is 2.23. The van der Waals surface area contributed by atoms with Gasteiger partial charge in [-0.2, -0.15) is 0 Å². The lowest BCUT2D eigenvalue weighted by Crippen LogP contribution is -2.37. The molecular formula is C21H21N3O5S. The minimum Gasteiger partial charge on any atom is -0.456 e. The van der Waals surface area contributed by atoms with Crippen LogP contribution >= 0.6 is 11.3 Å². The zero-order valence-electron chi connectivity index (χ0n) is 16.7. The zero-order valence-corrected chi connectivity index (χ0v) is 17.5. The molecule has 2 atom stereocenters. The number of likely N-dealkylation sites (tertiary alicyclic amines) is 1. The fourth-order valence-electron chi connectivity index (χ4n) is 4.09. The molecule has 30 heavy (non-hydrogen) atoms. The summed E-state index contributed by atoms with van der Waals surface area (Å²) < 4.78 is 6.96. The number of carbonyl (C=O) groups is 4. The van der Waals surface area contributed by atoms with Gasteiger partial charge >= 0.3 is 5.97 Å². The van der Waals surface area contributed by atoms with E-state index >= 15 is 0 Å². The van der Waals surface area contributed by atoms with Gasteiger partial charge in [0.1, 0.15) is 6.54 Å². The average Bonchev–Trinajstić information content (AvgIpc) is 3.41. The van der Waals surface area contributed by atoms with E-state index < -0.39 is 31.0 Å². The van der Waals surface area contributed by atoms with Crippen molar-refractivity contribution in [2.24, 2.45) is 11.8 Å². The number of aromatic nitrogens is 2. The Morgan fingerprint density at radius 1 is 1.17 bits per heavy atom. The number of carbonyl (C=O) groups excluding carboxylic acids is 4. The molecule has 1 aliphatic carbocycles. The predicted molar refractivity (Wildman–Crippen MR) is 108 cm³/mol. The molecule has 0 saturated carbocycles. The summed E-state index contributed by atoms with van der Waals surface area (Å²) in [6.07, 6.45) is 6.47. The van der Waals surface area contributed by atoms with Crippen LogP contribution in [0.15, 0.2) is 29.8 Å². The monoisotopic (exact) mass is 427 g/mol. The maximum absolute atomic E-state index is 12.6. The van der Waals surface area contributed by atoms with E-state index in [0.29, 0.717) is 24.1 Å². The van der Waals surface area contributed by atoms with Crippen molar-refractivity contribution in [3.63, 3.8) is 0 Å². The number of rotatable bonds is 6. The van der Waals surface area contributed by atoms with Gasteiger partial charge in [0.2, 0.25) is 17.6 Å². The Morgan fingerprint density at radius 3 is 2.43 bits per heavy atom. The van der Waals surface area contributed by atoms with E-state index in [9.17, 15) is 19.2 Å². The lowest BCUT2D eigenvalue weighted by atomic mass is 9.85. The first kappa shape index (κ1) is 20.2. The highest BCUT2D eigenvalue weighted by Gasteiger charge is 2.47. The SMILES string of the molecule is Cc1cc(C(=O)COC(=O)CN2C(=O)[C@H]3CC=CC[C@@H]3C2=O)c(C)n1-c1nccs1. The largest absolute Gasteiger partial charge is 0.456 e. The molecule has 2 amide bonds. The van der Waals surface area contributed by atoms with Gasteiger partial charge in [0.05, 0.1) is 11.8 Å². The Hall–Kier alpha value is -3.07. The van der Waals surface area contributed by atoms with Crippen LogP contribution in [0.3, 0.4) is 0 Å². The van der Waals surface area contributed by atoms with Gasteiger partial charge in [-0.25, -0.2) is 4.98 Å². The molecule has 2 aromatic rings. The van der Waals surface area contributed by atoms with Gasteiger partial charge in [-0.3, -0.25) is 28.6 Å². The number of imide groups is 1. The van der Waals surface area contributed by atoms with Crippen molar-refractivity contribution in [2.75, 3.05) is 13.2 Å². The fraction of sp³-hybridized carbons (Fsp3) is 0.381. The Balaban J connectivity index is 1.38. The molecule has 156 valence electrons. The number of allylic oxidation sites excluding steroid dienone is 2. The van der Waals surface area contributed by atoms with E-state index in [2.05, 4.69) is 4.98 Å². The third-order valence-corrected chi connectivity index (χ3v) is 6.35. The maximum Gasteiger partial charge on any atom is 0.326 e. The van der Waals surface area contributed by atoms with Crippen LogP contribution in [0, 0.1) is 25.7 Å². The first-order valence-electron chi connectivity index (χ1n) is 9.66. The van der Waals surface area contributed by atoms with Crippen LogP contribution in [0.1, 0.15) is 34.6 Å². The van der Waals surface area contributed by atoms with E-state index in [4.69, 9.17) is 4.74 Å². The average molecular weight is 427 g/mol. The number of aryl methyl sites for hydroxylation is 1. The molecule has 0 N–H and O–H groups in total. The number of hydrogen-bond donors (Lipinski definition) is 0. The Morgan fingerprint density at radius 2 is 1.83 bits per heavy atom. The van der Waals surface area contributed by atoms with Gasteiger partial charge in [-0.15, -0.1) is 11.3 Å². The molecule has 0 aromatic carbocycles.